The third kappa shape index (κ3) is 2.82. The maximum absolute atomic E-state index is 12.7. The average molecular weight is 236 g/mol. The fourth-order valence-electron chi connectivity index (χ4n) is 2.43. The van der Waals surface area contributed by atoms with Crippen molar-refractivity contribution in [3.63, 3.8) is 0 Å². The summed E-state index contributed by atoms with van der Waals surface area (Å²) in [6.45, 7) is 0.557. The monoisotopic (exact) mass is 236 g/mol. The van der Waals surface area contributed by atoms with E-state index < -0.39 is 0 Å². The third-order valence-electron chi connectivity index (χ3n) is 3.41. The van der Waals surface area contributed by atoms with Gasteiger partial charge in [0.05, 0.1) is 0 Å². The first kappa shape index (κ1) is 12.0. The molecule has 0 radical (unpaired) electrons. The van der Waals surface area contributed by atoms with Gasteiger partial charge >= 0.3 is 0 Å². The molecule has 0 bridgehead atoms. The highest BCUT2D eigenvalue weighted by Gasteiger charge is 2.31. The SMILES string of the molecule is NCC1CCCC1C(=O)Nc1ccc(F)cc1. The van der Waals surface area contributed by atoms with Gasteiger partial charge in [-0.05, 0) is 49.6 Å². The molecule has 1 aliphatic rings. The van der Waals surface area contributed by atoms with Gasteiger partial charge in [0.2, 0.25) is 5.91 Å². The third-order valence-corrected chi connectivity index (χ3v) is 3.41. The van der Waals surface area contributed by atoms with Crippen LogP contribution in [0.2, 0.25) is 0 Å². The number of hydrogen-bond acceptors (Lipinski definition) is 2. The maximum Gasteiger partial charge on any atom is 0.227 e. The molecule has 1 saturated carbocycles. The standard InChI is InChI=1S/C13H17FN2O/c14-10-4-6-11(7-5-10)16-13(17)12-3-1-2-9(12)8-15/h4-7,9,12H,1-3,8,15H2,(H,16,17). The van der Waals surface area contributed by atoms with E-state index in [-0.39, 0.29) is 23.6 Å². The van der Waals surface area contributed by atoms with E-state index in [1.165, 1.54) is 12.1 Å². The molecule has 1 amide bonds. The van der Waals surface area contributed by atoms with E-state index in [9.17, 15) is 9.18 Å². The van der Waals surface area contributed by atoms with Crippen LogP contribution in [0.1, 0.15) is 19.3 Å². The Hall–Kier alpha value is -1.42. The summed E-state index contributed by atoms with van der Waals surface area (Å²) in [5.41, 5.74) is 6.28. The van der Waals surface area contributed by atoms with Crippen LogP contribution in [-0.2, 0) is 4.79 Å². The minimum atomic E-state index is -0.302. The molecular formula is C13H17FN2O. The minimum Gasteiger partial charge on any atom is -0.330 e. The molecule has 1 aliphatic carbocycles. The van der Waals surface area contributed by atoms with E-state index in [0.717, 1.165) is 19.3 Å². The Labute approximate surface area is 100 Å². The van der Waals surface area contributed by atoms with Gasteiger partial charge in [-0.3, -0.25) is 4.79 Å². The average Bonchev–Trinajstić information content (AvgIpc) is 2.80. The Kier molecular flexibility index (Phi) is 3.74. The first-order valence-electron chi connectivity index (χ1n) is 5.97. The zero-order valence-electron chi connectivity index (χ0n) is 9.66. The lowest BCUT2D eigenvalue weighted by Gasteiger charge is -2.17. The van der Waals surface area contributed by atoms with Crippen LogP contribution in [0.15, 0.2) is 24.3 Å². The molecule has 3 nitrogen and oxygen atoms in total. The van der Waals surface area contributed by atoms with Gasteiger partial charge in [0.25, 0.3) is 0 Å². The molecule has 92 valence electrons. The van der Waals surface area contributed by atoms with Crippen LogP contribution < -0.4 is 11.1 Å². The van der Waals surface area contributed by atoms with Crippen molar-refractivity contribution in [2.24, 2.45) is 17.6 Å². The quantitative estimate of drug-likeness (QED) is 0.844. The smallest absolute Gasteiger partial charge is 0.227 e. The van der Waals surface area contributed by atoms with Crippen molar-refractivity contribution in [3.05, 3.63) is 30.1 Å². The summed E-state index contributed by atoms with van der Waals surface area (Å²) >= 11 is 0. The van der Waals surface area contributed by atoms with Crippen molar-refractivity contribution in [1.29, 1.82) is 0 Å². The number of carbonyl (C=O) groups is 1. The van der Waals surface area contributed by atoms with Gasteiger partial charge in [-0.2, -0.15) is 0 Å². The van der Waals surface area contributed by atoms with Crippen molar-refractivity contribution in [3.8, 4) is 0 Å². The Morgan fingerprint density at radius 2 is 2.06 bits per heavy atom. The predicted octanol–water partition coefficient (Wildman–Crippen LogP) is 2.14. The molecule has 4 heteroatoms. The Balaban J connectivity index is 1.99. The van der Waals surface area contributed by atoms with Gasteiger partial charge in [0.15, 0.2) is 0 Å². The minimum absolute atomic E-state index is 0.00422. The Morgan fingerprint density at radius 1 is 1.35 bits per heavy atom. The Morgan fingerprint density at radius 3 is 2.71 bits per heavy atom. The van der Waals surface area contributed by atoms with Gasteiger partial charge < -0.3 is 11.1 Å². The molecule has 1 aromatic carbocycles. The molecule has 0 heterocycles. The highest BCUT2D eigenvalue weighted by Crippen LogP contribution is 2.31. The molecule has 0 spiro atoms. The molecule has 1 fully saturated rings. The van der Waals surface area contributed by atoms with Gasteiger partial charge in [-0.15, -0.1) is 0 Å². The lowest BCUT2D eigenvalue weighted by Crippen LogP contribution is -2.29. The predicted molar refractivity (Wildman–Crippen MR) is 64.9 cm³/mol. The molecule has 0 saturated heterocycles. The molecule has 2 atom stereocenters. The van der Waals surface area contributed by atoms with Crippen LogP contribution in [0.25, 0.3) is 0 Å². The lowest BCUT2D eigenvalue weighted by molar-refractivity contribution is -0.120. The summed E-state index contributed by atoms with van der Waals surface area (Å²) in [7, 11) is 0. The van der Waals surface area contributed by atoms with E-state index in [1.807, 2.05) is 0 Å². The van der Waals surface area contributed by atoms with Crippen molar-refractivity contribution in [1.82, 2.24) is 0 Å². The molecule has 1 aromatic rings. The fourth-order valence-corrected chi connectivity index (χ4v) is 2.43. The topological polar surface area (TPSA) is 55.1 Å². The molecule has 0 aliphatic heterocycles. The summed E-state index contributed by atoms with van der Waals surface area (Å²) in [5, 5.41) is 2.81. The number of nitrogens with two attached hydrogens (primary N) is 1. The highest BCUT2D eigenvalue weighted by molar-refractivity contribution is 5.92. The summed E-state index contributed by atoms with van der Waals surface area (Å²) in [5.74, 6) is -0.00578. The maximum atomic E-state index is 12.7. The Bertz CT molecular complexity index is 391. The van der Waals surface area contributed by atoms with Crippen LogP contribution in [0, 0.1) is 17.7 Å². The van der Waals surface area contributed by atoms with Crippen LogP contribution in [0.5, 0.6) is 0 Å². The molecule has 0 aromatic heterocycles. The lowest BCUT2D eigenvalue weighted by atomic mass is 9.95. The normalized spacial score (nSPS) is 23.6. The summed E-state index contributed by atoms with van der Waals surface area (Å²) in [6, 6.07) is 5.81. The number of amides is 1. The first-order valence-corrected chi connectivity index (χ1v) is 5.97. The van der Waals surface area contributed by atoms with Gasteiger partial charge in [0.1, 0.15) is 5.82 Å². The molecule has 17 heavy (non-hydrogen) atoms. The summed E-state index contributed by atoms with van der Waals surface area (Å²) < 4.78 is 12.7. The number of hydrogen-bond donors (Lipinski definition) is 2. The van der Waals surface area contributed by atoms with Crippen molar-refractivity contribution >= 4 is 11.6 Å². The summed E-state index contributed by atoms with van der Waals surface area (Å²) in [6.07, 6.45) is 2.98. The first-order chi connectivity index (χ1) is 8.20. The number of carbonyl (C=O) groups excluding carboxylic acids is 1. The fraction of sp³-hybridized carbons (Fsp3) is 0.462. The van der Waals surface area contributed by atoms with Crippen LogP contribution >= 0.6 is 0 Å². The number of rotatable bonds is 3. The molecular weight excluding hydrogens is 219 g/mol. The zero-order chi connectivity index (χ0) is 12.3. The van der Waals surface area contributed by atoms with Gasteiger partial charge in [-0.25, -0.2) is 4.39 Å². The van der Waals surface area contributed by atoms with E-state index >= 15 is 0 Å². The zero-order valence-corrected chi connectivity index (χ0v) is 9.66. The summed E-state index contributed by atoms with van der Waals surface area (Å²) in [4.78, 5) is 12.0. The van der Waals surface area contributed by atoms with E-state index in [0.29, 0.717) is 12.2 Å². The van der Waals surface area contributed by atoms with Crippen molar-refractivity contribution in [2.45, 2.75) is 19.3 Å². The molecule has 2 rings (SSSR count). The number of anilines is 1. The highest BCUT2D eigenvalue weighted by atomic mass is 19.1. The number of benzene rings is 1. The van der Waals surface area contributed by atoms with Crippen molar-refractivity contribution in [2.75, 3.05) is 11.9 Å². The number of halogens is 1. The van der Waals surface area contributed by atoms with E-state index in [4.69, 9.17) is 5.73 Å². The second-order valence-corrected chi connectivity index (χ2v) is 4.53. The largest absolute Gasteiger partial charge is 0.330 e. The molecule has 3 N–H and O–H groups in total. The number of nitrogens with one attached hydrogen (secondary N) is 1. The second kappa shape index (κ2) is 5.27. The van der Waals surface area contributed by atoms with Gasteiger partial charge in [-0.1, -0.05) is 6.42 Å². The van der Waals surface area contributed by atoms with Gasteiger partial charge in [0, 0.05) is 11.6 Å². The van der Waals surface area contributed by atoms with Crippen molar-refractivity contribution < 1.29 is 9.18 Å². The molecule has 2 unspecified atom stereocenters. The van der Waals surface area contributed by atoms with Crippen LogP contribution in [-0.4, -0.2) is 12.5 Å². The van der Waals surface area contributed by atoms with Crippen LogP contribution in [0.4, 0.5) is 10.1 Å². The van der Waals surface area contributed by atoms with Crippen LogP contribution in [0.3, 0.4) is 0 Å². The van der Waals surface area contributed by atoms with E-state index in [1.54, 1.807) is 12.1 Å². The second-order valence-electron chi connectivity index (χ2n) is 4.53. The van der Waals surface area contributed by atoms with E-state index in [2.05, 4.69) is 5.32 Å².